The fraction of sp³-hybridized carbons (Fsp3) is 0.889. The standard InChI is InChI=1S/C54H84O26S/c1-23(2)10-9-15-53(7)44-26(57)18-52(6)25-11-12-31-50(3,4)32(14-16-51(31,5)24(25)13-17-54(44,52)49(66)80-53)76-48-43(33(59)27(58)21-71-48)79-45-37(63)36(62)40(29(20-56)74-45)77-47-39(65)42(35(61)30(75-47)22-72-81(67,68)69)78-46-38(64)41(70-8)34(60)28(19-55)73-46/h13,25,27-48,55-56,58-65H,1,9-12,14-22H2,2-8H3,(H,67,68,69)/t25?,27-,28-,29-,30-,31?,32?,33+,34-,35-,36-,37-,38-,39-,40-,41+,42+,43-,44-,45+,46+,47+,48+,51-,52+,53+,54-/m1/s1. The number of Topliss-reactive ketones (excluding diaryl/α,β-unsaturated/α-hetero) is 1. The van der Waals surface area contributed by atoms with Crippen molar-refractivity contribution in [3.63, 3.8) is 0 Å². The van der Waals surface area contributed by atoms with Crippen molar-refractivity contribution in [1.29, 1.82) is 0 Å². The van der Waals surface area contributed by atoms with E-state index in [1.807, 2.05) is 13.8 Å². The second-order valence-corrected chi connectivity index (χ2v) is 26.4. The molecular formula is C54H84O26S. The van der Waals surface area contributed by atoms with Crippen LogP contribution in [0.25, 0.3) is 0 Å². The van der Waals surface area contributed by atoms with Gasteiger partial charge in [-0.25, -0.2) is 4.18 Å². The number of methoxy groups -OCH3 is 1. The summed E-state index contributed by atoms with van der Waals surface area (Å²) in [6.07, 6.45) is -27.0. The maximum Gasteiger partial charge on any atom is 0.397 e. The minimum atomic E-state index is -5.17. The minimum absolute atomic E-state index is 0.0178. The first-order valence-electron chi connectivity index (χ1n) is 28.0. The second kappa shape index (κ2) is 23.4. The number of carbonyl (C=O) groups excluding carboxylic acids is 2. The van der Waals surface area contributed by atoms with Crippen molar-refractivity contribution in [1.82, 2.24) is 0 Å². The third kappa shape index (κ3) is 11.0. The lowest BCUT2D eigenvalue weighted by Gasteiger charge is -2.63. The van der Waals surface area contributed by atoms with Crippen molar-refractivity contribution in [2.75, 3.05) is 33.5 Å². The highest BCUT2D eigenvalue weighted by Gasteiger charge is 2.79. The van der Waals surface area contributed by atoms with Crippen molar-refractivity contribution < 1.29 is 125 Å². The normalized spacial score (nSPS) is 49.7. The number of ether oxygens (including phenoxy) is 10. The smallest absolute Gasteiger partial charge is 0.397 e. The minimum Gasteiger partial charge on any atom is -0.458 e. The molecule has 8 fully saturated rings. The number of carbonyl (C=O) groups is 2. The Hall–Kier alpha value is -2.27. The van der Waals surface area contributed by atoms with Gasteiger partial charge in [0.25, 0.3) is 0 Å². The highest BCUT2D eigenvalue weighted by Crippen LogP contribution is 2.75. The Bertz CT molecular complexity index is 2440. The molecule has 0 amide bonds. The predicted octanol–water partition coefficient (Wildman–Crippen LogP) is -1.41. The molecule has 0 aromatic rings. The number of hydrogen-bond donors (Lipinski definition) is 11. The van der Waals surface area contributed by atoms with Crippen LogP contribution in [0.2, 0.25) is 0 Å². The summed E-state index contributed by atoms with van der Waals surface area (Å²) < 4.78 is 96.1. The Morgan fingerprint density at radius 2 is 1.33 bits per heavy atom. The maximum atomic E-state index is 14.4. The van der Waals surface area contributed by atoms with Gasteiger partial charge in [-0.1, -0.05) is 44.9 Å². The Kier molecular flexibility index (Phi) is 18.3. The number of rotatable bonds is 18. The maximum absolute atomic E-state index is 14.4. The molecule has 0 aromatic carbocycles. The van der Waals surface area contributed by atoms with E-state index in [0.717, 1.165) is 31.9 Å². The molecule has 0 aromatic heterocycles. The van der Waals surface area contributed by atoms with E-state index in [1.165, 1.54) is 5.57 Å². The average Bonchev–Trinajstić information content (AvgIpc) is 3.79. The molecular weight excluding hydrogens is 1100 g/mol. The summed E-state index contributed by atoms with van der Waals surface area (Å²) in [4.78, 5) is 28.7. The largest absolute Gasteiger partial charge is 0.458 e. The monoisotopic (exact) mass is 1180 g/mol. The third-order valence-corrected chi connectivity index (χ3v) is 20.5. The van der Waals surface area contributed by atoms with E-state index >= 15 is 0 Å². The zero-order valence-corrected chi connectivity index (χ0v) is 47.5. The highest BCUT2D eigenvalue weighted by molar-refractivity contribution is 7.80. The Morgan fingerprint density at radius 3 is 1.98 bits per heavy atom. The molecule has 9 rings (SSSR count). The summed E-state index contributed by atoms with van der Waals surface area (Å²) >= 11 is 0. The molecule has 5 heterocycles. The van der Waals surface area contributed by atoms with Crippen LogP contribution in [0.5, 0.6) is 0 Å². The van der Waals surface area contributed by atoms with Gasteiger partial charge in [0, 0.05) is 13.5 Å². The predicted molar refractivity (Wildman–Crippen MR) is 273 cm³/mol. The van der Waals surface area contributed by atoms with Crippen molar-refractivity contribution in [2.45, 2.75) is 228 Å². The topological polar surface area (TPSA) is 392 Å². The van der Waals surface area contributed by atoms with Crippen LogP contribution in [0.3, 0.4) is 0 Å². The van der Waals surface area contributed by atoms with E-state index in [2.05, 4.69) is 44.5 Å². The molecule has 26 nitrogen and oxygen atoms in total. The van der Waals surface area contributed by atoms with E-state index in [0.29, 0.717) is 32.1 Å². The van der Waals surface area contributed by atoms with Gasteiger partial charge in [0.2, 0.25) is 0 Å². The molecule has 5 saturated heterocycles. The lowest BCUT2D eigenvalue weighted by atomic mass is 9.41. The molecule has 3 unspecified atom stereocenters. The Labute approximate surface area is 470 Å². The van der Waals surface area contributed by atoms with Crippen LogP contribution in [0, 0.1) is 39.4 Å². The van der Waals surface area contributed by atoms with Crippen LogP contribution in [-0.4, -0.2) is 238 Å². The van der Waals surface area contributed by atoms with Gasteiger partial charge in [0.15, 0.2) is 25.2 Å². The van der Waals surface area contributed by atoms with Crippen LogP contribution in [0.1, 0.15) is 99.3 Å². The molecule has 27 heteroatoms. The van der Waals surface area contributed by atoms with Crippen LogP contribution in [0.15, 0.2) is 23.8 Å². The molecule has 462 valence electrons. The van der Waals surface area contributed by atoms with Crippen LogP contribution >= 0.6 is 0 Å². The van der Waals surface area contributed by atoms with Crippen LogP contribution < -0.4 is 0 Å². The van der Waals surface area contributed by atoms with E-state index in [1.54, 1.807) is 0 Å². The van der Waals surface area contributed by atoms with E-state index in [-0.39, 0.29) is 42.0 Å². The van der Waals surface area contributed by atoms with Crippen LogP contribution in [-0.2, 0) is 71.5 Å². The first kappa shape index (κ1) is 63.2. The molecule has 0 radical (unpaired) electrons. The van der Waals surface area contributed by atoms with Crippen molar-refractivity contribution in [2.24, 2.45) is 39.4 Å². The lowest BCUT2D eigenvalue weighted by molar-refractivity contribution is -0.391. The van der Waals surface area contributed by atoms with Gasteiger partial charge in [-0.15, -0.1) is 6.58 Å². The second-order valence-electron chi connectivity index (χ2n) is 25.3. The van der Waals surface area contributed by atoms with Gasteiger partial charge in [-0.05, 0) is 93.3 Å². The first-order valence-corrected chi connectivity index (χ1v) is 29.4. The summed E-state index contributed by atoms with van der Waals surface area (Å²) in [7, 11) is -4.04. The Morgan fingerprint density at radius 1 is 0.728 bits per heavy atom. The molecule has 3 saturated carbocycles. The van der Waals surface area contributed by atoms with Gasteiger partial charge in [0.1, 0.15) is 103 Å². The quantitative estimate of drug-likeness (QED) is 0.0325. The van der Waals surface area contributed by atoms with Gasteiger partial charge in [0.05, 0.1) is 43.9 Å². The summed E-state index contributed by atoms with van der Waals surface area (Å²) in [6, 6.07) is 0. The van der Waals surface area contributed by atoms with Gasteiger partial charge < -0.3 is 98.4 Å². The molecule has 11 N–H and O–H groups in total. The molecule has 1 spiro atoms. The number of ketones is 1. The van der Waals surface area contributed by atoms with E-state index in [9.17, 15) is 73.6 Å². The first-order chi connectivity index (χ1) is 37.9. The SMILES string of the molecule is C=C(C)CCC[C@]1(C)OC(=O)[C@]23CC=C4C(CCC5C(C)(C)C(O[C@@H]6OC[C@@H](O)[C@H](O)[C@H]6O[C@@H]6O[C@H](CO)[C@@H](O[C@@H]7O[C@H](COS(=O)(=O)O)[C@@H](O)[C@H](O[C@@H]8O[C@H](CO)[C@@H](O)[C@H](OC)[C@H]8O)[C@H]7O)[C@H](O)[C@H]6O)CC[C@]45C)[C@]2(C)CC(=O)[C@@H]31. The molecule has 81 heavy (non-hydrogen) atoms. The fourth-order valence-corrected chi connectivity index (χ4v) is 16.3. The van der Waals surface area contributed by atoms with Gasteiger partial charge >= 0.3 is 16.4 Å². The zero-order chi connectivity index (χ0) is 59.3. The number of fused-ring (bicyclic) bond motifs is 4. The molecule has 5 aliphatic heterocycles. The number of hydrogen-bond acceptors (Lipinski definition) is 25. The number of aliphatic hydroxyl groups is 10. The lowest BCUT2D eigenvalue weighted by Crippen LogP contribution is -2.67. The summed E-state index contributed by atoms with van der Waals surface area (Å²) in [5.41, 5.74) is -1.23. The van der Waals surface area contributed by atoms with Crippen molar-refractivity contribution in [3.8, 4) is 0 Å². The molecule has 27 atom stereocenters. The summed E-state index contributed by atoms with van der Waals surface area (Å²) in [5.74, 6) is -0.796. The molecule has 4 aliphatic carbocycles. The number of aliphatic hydroxyl groups excluding tert-OH is 10. The number of cyclic esters (lactones) is 1. The van der Waals surface area contributed by atoms with Gasteiger partial charge in [-0.2, -0.15) is 8.42 Å². The molecule has 0 bridgehead atoms. The third-order valence-electron chi connectivity index (χ3n) is 20.1. The zero-order valence-electron chi connectivity index (χ0n) is 46.7. The molecule has 9 aliphatic rings. The average molecular weight is 1180 g/mol. The van der Waals surface area contributed by atoms with Gasteiger partial charge in [-0.3, -0.25) is 14.1 Å². The van der Waals surface area contributed by atoms with Crippen LogP contribution in [0.4, 0.5) is 0 Å². The van der Waals surface area contributed by atoms with E-state index in [4.69, 9.17) is 47.4 Å². The van der Waals surface area contributed by atoms with Crippen molar-refractivity contribution >= 4 is 22.2 Å². The van der Waals surface area contributed by atoms with E-state index < -0.39 is 181 Å². The fourth-order valence-electron chi connectivity index (χ4n) is 16.0. The Balaban J connectivity index is 0.893. The number of esters is 1. The summed E-state index contributed by atoms with van der Waals surface area (Å²) in [6.45, 7) is 13.2. The van der Waals surface area contributed by atoms with Crippen molar-refractivity contribution in [3.05, 3.63) is 23.8 Å². The highest BCUT2D eigenvalue weighted by atomic mass is 32.3. The summed E-state index contributed by atoms with van der Waals surface area (Å²) in [5, 5.41) is 111. The number of allylic oxidation sites excluding steroid dienone is 3.